The minimum atomic E-state index is 0.268. The maximum atomic E-state index is 10.3. The van der Waals surface area contributed by atoms with Gasteiger partial charge in [0.2, 0.25) is 0 Å². The van der Waals surface area contributed by atoms with Gasteiger partial charge >= 0.3 is 6.01 Å². The number of aromatic nitrogens is 2. The van der Waals surface area contributed by atoms with Crippen molar-refractivity contribution in [3.8, 4) is 6.01 Å². The van der Waals surface area contributed by atoms with E-state index in [9.17, 15) is 4.79 Å². The molecule has 0 aromatic carbocycles. The predicted molar refractivity (Wildman–Crippen MR) is 58.6 cm³/mol. The van der Waals surface area contributed by atoms with Gasteiger partial charge in [0.1, 0.15) is 6.61 Å². The van der Waals surface area contributed by atoms with E-state index in [1.807, 2.05) is 0 Å². The average Bonchev–Trinajstić information content (AvgIpc) is 2.34. The molecule has 1 aromatic heterocycles. The Bertz CT molecular complexity index is 301. The first-order valence-electron chi connectivity index (χ1n) is 5.34. The molecule has 0 atom stereocenters. The highest BCUT2D eigenvalue weighted by Gasteiger charge is 1.97. The molecule has 0 aliphatic heterocycles. The Hall–Kier alpha value is -1.49. The Morgan fingerprint density at radius 2 is 2.00 bits per heavy atom. The highest BCUT2D eigenvalue weighted by molar-refractivity contribution is 5.73. The molecular formula is C11H16N2O3. The molecule has 1 rings (SSSR count). The third-order valence-corrected chi connectivity index (χ3v) is 1.89. The van der Waals surface area contributed by atoms with Gasteiger partial charge in [-0.25, -0.2) is 9.97 Å². The van der Waals surface area contributed by atoms with Crippen LogP contribution in [0.3, 0.4) is 0 Å². The van der Waals surface area contributed by atoms with Crippen molar-refractivity contribution < 1.29 is 14.3 Å². The lowest BCUT2D eigenvalue weighted by Gasteiger charge is -2.04. The van der Waals surface area contributed by atoms with Crippen molar-refractivity contribution in [1.82, 2.24) is 9.97 Å². The normalized spacial score (nSPS) is 10.1. The van der Waals surface area contributed by atoms with Gasteiger partial charge in [0, 0.05) is 19.0 Å². The molecule has 0 aliphatic rings. The summed E-state index contributed by atoms with van der Waals surface area (Å²) in [5.41, 5.74) is 0.437. The first-order chi connectivity index (χ1) is 7.86. The number of carbonyl (C=O) groups is 1. The van der Waals surface area contributed by atoms with Gasteiger partial charge in [0.25, 0.3) is 0 Å². The smallest absolute Gasteiger partial charge is 0.316 e. The second kappa shape index (κ2) is 7.76. The molecule has 0 bridgehead atoms. The zero-order valence-corrected chi connectivity index (χ0v) is 9.39. The summed E-state index contributed by atoms with van der Waals surface area (Å²) in [6.07, 6.45) is 5.72. The third kappa shape index (κ3) is 4.84. The molecule has 0 spiro atoms. The topological polar surface area (TPSA) is 61.3 Å². The second-order valence-corrected chi connectivity index (χ2v) is 3.23. The van der Waals surface area contributed by atoms with Crippen LogP contribution in [0.25, 0.3) is 0 Å². The van der Waals surface area contributed by atoms with E-state index in [1.165, 1.54) is 12.4 Å². The summed E-state index contributed by atoms with van der Waals surface area (Å²) in [6.45, 7) is 3.82. The van der Waals surface area contributed by atoms with E-state index in [0.29, 0.717) is 25.1 Å². The molecule has 0 N–H and O–H groups in total. The molecule has 0 saturated carbocycles. The highest BCUT2D eigenvalue weighted by Crippen LogP contribution is 2.00. The van der Waals surface area contributed by atoms with E-state index in [2.05, 4.69) is 16.9 Å². The Morgan fingerprint density at radius 3 is 2.62 bits per heavy atom. The fraction of sp³-hybridized carbons (Fsp3) is 0.545. The Morgan fingerprint density at radius 1 is 1.25 bits per heavy atom. The summed E-state index contributed by atoms with van der Waals surface area (Å²) in [7, 11) is 0. The maximum Gasteiger partial charge on any atom is 0.316 e. The van der Waals surface area contributed by atoms with Gasteiger partial charge in [-0.2, -0.15) is 0 Å². The quantitative estimate of drug-likeness (QED) is 0.494. The molecule has 0 saturated heterocycles. The van der Waals surface area contributed by atoms with Gasteiger partial charge in [0.05, 0.1) is 12.2 Å². The van der Waals surface area contributed by atoms with Crippen molar-refractivity contribution in [2.24, 2.45) is 0 Å². The molecule has 0 amide bonds. The highest BCUT2D eigenvalue weighted by atomic mass is 16.5. The fourth-order valence-electron chi connectivity index (χ4n) is 1.00. The number of nitrogens with zero attached hydrogens (tertiary/aromatic N) is 2. The van der Waals surface area contributed by atoms with Crippen molar-refractivity contribution in [3.63, 3.8) is 0 Å². The summed E-state index contributed by atoms with van der Waals surface area (Å²) in [6, 6.07) is 0.268. The van der Waals surface area contributed by atoms with Crippen molar-refractivity contribution in [3.05, 3.63) is 18.0 Å². The van der Waals surface area contributed by atoms with Crippen LogP contribution in [0.2, 0.25) is 0 Å². The number of carbonyl (C=O) groups excluding carboxylic acids is 1. The van der Waals surface area contributed by atoms with Crippen LogP contribution in [0, 0.1) is 0 Å². The summed E-state index contributed by atoms with van der Waals surface area (Å²) < 4.78 is 10.5. The molecule has 0 unspecified atom stereocenters. The molecule has 5 nitrogen and oxygen atoms in total. The number of unbranched alkanes of at least 4 members (excludes halogenated alkanes) is 1. The number of hydrogen-bond acceptors (Lipinski definition) is 5. The lowest BCUT2D eigenvalue weighted by Crippen LogP contribution is -2.09. The van der Waals surface area contributed by atoms with Crippen molar-refractivity contribution in [1.29, 1.82) is 0 Å². The van der Waals surface area contributed by atoms with E-state index in [4.69, 9.17) is 9.47 Å². The van der Waals surface area contributed by atoms with Gasteiger partial charge < -0.3 is 9.47 Å². The Labute approximate surface area is 94.8 Å². The van der Waals surface area contributed by atoms with Crippen LogP contribution in [0.4, 0.5) is 0 Å². The molecule has 16 heavy (non-hydrogen) atoms. The molecule has 88 valence electrons. The minimum Gasteiger partial charge on any atom is -0.461 e. The van der Waals surface area contributed by atoms with Crippen LogP contribution in [-0.4, -0.2) is 36.1 Å². The summed E-state index contributed by atoms with van der Waals surface area (Å²) in [5.74, 6) is 0. The van der Waals surface area contributed by atoms with E-state index < -0.39 is 0 Å². The monoisotopic (exact) mass is 224 g/mol. The first kappa shape index (κ1) is 12.6. The van der Waals surface area contributed by atoms with Crippen molar-refractivity contribution >= 4 is 6.29 Å². The zero-order chi connectivity index (χ0) is 11.6. The summed E-state index contributed by atoms with van der Waals surface area (Å²) >= 11 is 0. The van der Waals surface area contributed by atoms with Crippen molar-refractivity contribution in [2.45, 2.75) is 19.8 Å². The van der Waals surface area contributed by atoms with Gasteiger partial charge in [-0.05, 0) is 6.42 Å². The van der Waals surface area contributed by atoms with E-state index in [0.717, 1.165) is 19.4 Å². The SMILES string of the molecule is CCCCOCCOc1ncc(C=O)cn1. The molecule has 5 heteroatoms. The fourth-order valence-corrected chi connectivity index (χ4v) is 1.00. The third-order valence-electron chi connectivity index (χ3n) is 1.89. The molecule has 0 aliphatic carbocycles. The number of ether oxygens (including phenoxy) is 2. The van der Waals surface area contributed by atoms with Crippen LogP contribution in [0.15, 0.2) is 12.4 Å². The lowest BCUT2D eigenvalue weighted by atomic mass is 10.4. The lowest BCUT2D eigenvalue weighted by molar-refractivity contribution is 0.0947. The number of aldehydes is 1. The standard InChI is InChI=1S/C11H16N2O3/c1-2-3-4-15-5-6-16-11-12-7-10(9-14)8-13-11/h7-9H,2-6H2,1H3. The van der Waals surface area contributed by atoms with Crippen LogP contribution in [0.5, 0.6) is 6.01 Å². The van der Waals surface area contributed by atoms with Crippen molar-refractivity contribution in [2.75, 3.05) is 19.8 Å². The zero-order valence-electron chi connectivity index (χ0n) is 9.39. The molecule has 0 fully saturated rings. The van der Waals surface area contributed by atoms with Gasteiger partial charge in [-0.1, -0.05) is 13.3 Å². The van der Waals surface area contributed by atoms with Crippen LogP contribution in [0.1, 0.15) is 30.1 Å². The molecule has 0 radical (unpaired) electrons. The second-order valence-electron chi connectivity index (χ2n) is 3.23. The number of rotatable bonds is 8. The first-order valence-corrected chi connectivity index (χ1v) is 5.34. The summed E-state index contributed by atoms with van der Waals surface area (Å²) in [4.78, 5) is 18.1. The average molecular weight is 224 g/mol. The van der Waals surface area contributed by atoms with E-state index in [1.54, 1.807) is 0 Å². The van der Waals surface area contributed by atoms with Gasteiger partial charge in [0.15, 0.2) is 6.29 Å². The summed E-state index contributed by atoms with van der Waals surface area (Å²) in [5, 5.41) is 0. The predicted octanol–water partition coefficient (Wildman–Crippen LogP) is 1.48. The van der Waals surface area contributed by atoms with Gasteiger partial charge in [-0.3, -0.25) is 4.79 Å². The van der Waals surface area contributed by atoms with E-state index >= 15 is 0 Å². The molecule has 1 heterocycles. The van der Waals surface area contributed by atoms with Crippen LogP contribution < -0.4 is 4.74 Å². The molecule has 1 aromatic rings. The maximum absolute atomic E-state index is 10.3. The molecular weight excluding hydrogens is 208 g/mol. The van der Waals surface area contributed by atoms with E-state index in [-0.39, 0.29) is 6.01 Å². The van der Waals surface area contributed by atoms with Gasteiger partial charge in [-0.15, -0.1) is 0 Å². The number of hydrogen-bond donors (Lipinski definition) is 0. The van der Waals surface area contributed by atoms with Crippen LogP contribution >= 0.6 is 0 Å². The van der Waals surface area contributed by atoms with Crippen LogP contribution in [-0.2, 0) is 4.74 Å². The largest absolute Gasteiger partial charge is 0.461 e. The Kier molecular flexibility index (Phi) is 6.10. The Balaban J connectivity index is 2.14. The minimum absolute atomic E-state index is 0.268.